The highest BCUT2D eigenvalue weighted by molar-refractivity contribution is 6.32. The topological polar surface area (TPSA) is 78.3 Å². The lowest BCUT2D eigenvalue weighted by atomic mass is 9.74. The SMILES string of the molecule is C[C@@]1(N2CCC(c3cc4cc(NC(=O)[C@H]5CC[C@@H]5C#N)ncc4cc3Cl)CC2)COC[C@@H]1F. The second kappa shape index (κ2) is 8.83. The zero-order valence-corrected chi connectivity index (χ0v) is 19.4. The number of nitrogens with one attached hydrogen (secondary N) is 1. The lowest BCUT2D eigenvalue weighted by Crippen LogP contribution is -2.55. The van der Waals surface area contributed by atoms with Gasteiger partial charge in [0, 0.05) is 16.6 Å². The van der Waals surface area contributed by atoms with Crippen molar-refractivity contribution in [3.63, 3.8) is 0 Å². The molecule has 2 aliphatic heterocycles. The van der Waals surface area contributed by atoms with Gasteiger partial charge in [-0.05, 0) is 80.8 Å². The number of anilines is 1. The van der Waals surface area contributed by atoms with Crippen LogP contribution in [0.3, 0.4) is 0 Å². The summed E-state index contributed by atoms with van der Waals surface area (Å²) in [5.74, 6) is 0.181. The highest BCUT2D eigenvalue weighted by Gasteiger charge is 2.46. The number of hydrogen-bond acceptors (Lipinski definition) is 5. The van der Waals surface area contributed by atoms with E-state index in [1.165, 1.54) is 0 Å². The number of halogens is 2. The van der Waals surface area contributed by atoms with Crippen LogP contribution < -0.4 is 5.32 Å². The Morgan fingerprint density at radius 2 is 2.06 bits per heavy atom. The third-order valence-corrected chi connectivity index (χ3v) is 8.18. The van der Waals surface area contributed by atoms with Crippen LogP contribution >= 0.6 is 11.6 Å². The van der Waals surface area contributed by atoms with Gasteiger partial charge in [-0.25, -0.2) is 9.37 Å². The first kappa shape index (κ1) is 22.5. The van der Waals surface area contributed by atoms with E-state index in [0.717, 1.165) is 55.1 Å². The first-order valence-corrected chi connectivity index (χ1v) is 12.0. The molecule has 174 valence electrons. The van der Waals surface area contributed by atoms with E-state index in [2.05, 4.69) is 27.3 Å². The van der Waals surface area contributed by atoms with E-state index >= 15 is 0 Å². The van der Waals surface area contributed by atoms with Crippen LogP contribution in [0.1, 0.15) is 44.1 Å². The first-order valence-electron chi connectivity index (χ1n) is 11.7. The maximum absolute atomic E-state index is 14.4. The molecule has 4 atom stereocenters. The van der Waals surface area contributed by atoms with Gasteiger partial charge in [-0.1, -0.05) is 11.6 Å². The smallest absolute Gasteiger partial charge is 0.229 e. The molecule has 6 nitrogen and oxygen atoms in total. The predicted octanol–water partition coefficient (Wildman–Crippen LogP) is 4.68. The average molecular weight is 471 g/mol. The molecule has 1 amide bonds. The van der Waals surface area contributed by atoms with Crippen molar-refractivity contribution in [1.29, 1.82) is 5.26 Å². The van der Waals surface area contributed by atoms with Gasteiger partial charge in [-0.15, -0.1) is 0 Å². The molecule has 3 heterocycles. The molecule has 0 unspecified atom stereocenters. The number of alkyl halides is 1. The molecule has 1 aromatic carbocycles. The molecule has 1 saturated carbocycles. The van der Waals surface area contributed by atoms with Crippen molar-refractivity contribution in [2.45, 2.75) is 50.2 Å². The fraction of sp³-hybridized carbons (Fsp3) is 0.560. The Morgan fingerprint density at radius 3 is 2.70 bits per heavy atom. The first-order chi connectivity index (χ1) is 15.9. The number of fused-ring (bicyclic) bond motifs is 1. The van der Waals surface area contributed by atoms with Crippen molar-refractivity contribution in [1.82, 2.24) is 9.88 Å². The summed E-state index contributed by atoms with van der Waals surface area (Å²) in [7, 11) is 0. The number of rotatable bonds is 4. The number of nitriles is 1. The van der Waals surface area contributed by atoms with Crippen LogP contribution in [0.2, 0.25) is 5.02 Å². The highest BCUT2D eigenvalue weighted by atomic mass is 35.5. The number of pyridine rings is 1. The monoisotopic (exact) mass is 470 g/mol. The number of likely N-dealkylation sites (tertiary alicyclic amines) is 1. The summed E-state index contributed by atoms with van der Waals surface area (Å²) in [5.41, 5.74) is 0.544. The van der Waals surface area contributed by atoms with Crippen LogP contribution in [-0.4, -0.2) is 53.8 Å². The molecule has 8 heteroatoms. The van der Waals surface area contributed by atoms with Gasteiger partial charge in [0.25, 0.3) is 0 Å². The highest BCUT2D eigenvalue weighted by Crippen LogP contribution is 2.39. The fourth-order valence-electron chi connectivity index (χ4n) is 5.38. The number of ether oxygens (including phenoxy) is 1. The number of piperidine rings is 1. The molecule has 2 aromatic rings. The van der Waals surface area contributed by atoms with Gasteiger partial charge in [-0.3, -0.25) is 9.69 Å². The van der Waals surface area contributed by atoms with Crippen molar-refractivity contribution < 1.29 is 13.9 Å². The lowest BCUT2D eigenvalue weighted by molar-refractivity contribution is -0.123. The van der Waals surface area contributed by atoms with Crippen molar-refractivity contribution >= 4 is 34.1 Å². The van der Waals surface area contributed by atoms with Crippen LogP contribution in [-0.2, 0) is 9.53 Å². The van der Waals surface area contributed by atoms with Gasteiger partial charge in [0.2, 0.25) is 5.91 Å². The van der Waals surface area contributed by atoms with Gasteiger partial charge < -0.3 is 10.1 Å². The van der Waals surface area contributed by atoms with E-state index in [0.29, 0.717) is 23.4 Å². The second-order valence-electron chi connectivity index (χ2n) is 9.80. The second-order valence-corrected chi connectivity index (χ2v) is 10.2. The number of aromatic nitrogens is 1. The summed E-state index contributed by atoms with van der Waals surface area (Å²) in [4.78, 5) is 19.1. The van der Waals surface area contributed by atoms with E-state index in [9.17, 15) is 9.18 Å². The number of benzene rings is 1. The van der Waals surface area contributed by atoms with Gasteiger partial charge in [0.1, 0.15) is 12.0 Å². The van der Waals surface area contributed by atoms with Crippen molar-refractivity contribution in [2.24, 2.45) is 11.8 Å². The quantitative estimate of drug-likeness (QED) is 0.701. The molecule has 3 aliphatic rings. The number of hydrogen-bond donors (Lipinski definition) is 1. The molecule has 5 rings (SSSR count). The number of amides is 1. The summed E-state index contributed by atoms with van der Waals surface area (Å²) in [6.07, 6.45) is 4.08. The lowest BCUT2D eigenvalue weighted by Gasteiger charge is -2.43. The van der Waals surface area contributed by atoms with Gasteiger partial charge >= 0.3 is 0 Å². The van der Waals surface area contributed by atoms with Crippen LogP contribution in [0.15, 0.2) is 24.4 Å². The zero-order valence-electron chi connectivity index (χ0n) is 18.7. The maximum Gasteiger partial charge on any atom is 0.229 e. The summed E-state index contributed by atoms with van der Waals surface area (Å²) >= 11 is 6.65. The van der Waals surface area contributed by atoms with E-state index < -0.39 is 11.7 Å². The Hall–Kier alpha value is -2.27. The number of carbonyl (C=O) groups excluding carboxylic acids is 1. The molecule has 3 fully saturated rings. The van der Waals surface area contributed by atoms with E-state index in [1.807, 2.05) is 19.1 Å². The predicted molar refractivity (Wildman–Crippen MR) is 125 cm³/mol. The molecule has 0 radical (unpaired) electrons. The standard InChI is InChI=1S/C25H28ClFN4O2/c1-25(14-33-13-22(25)27)31-6-4-15(5-7-31)20-8-17-10-23(29-12-18(17)9-21(20)26)30-24(32)19-3-2-16(19)11-28/h8-10,12,15-16,19,22H,2-7,13-14H2,1H3,(H,29,30,32)/t16-,19+,22+,25-/m1/s1. The largest absolute Gasteiger partial charge is 0.376 e. The average Bonchev–Trinajstić information content (AvgIpc) is 3.12. The van der Waals surface area contributed by atoms with E-state index in [-0.39, 0.29) is 24.3 Å². The molecule has 1 aromatic heterocycles. The molecular formula is C25H28ClFN4O2. The number of nitrogens with zero attached hydrogens (tertiary/aromatic N) is 3. The number of carbonyl (C=O) groups is 1. The summed E-state index contributed by atoms with van der Waals surface area (Å²) in [6, 6.07) is 8.09. The molecule has 33 heavy (non-hydrogen) atoms. The molecule has 2 saturated heterocycles. The van der Waals surface area contributed by atoms with Gasteiger partial charge in [0.05, 0.1) is 36.7 Å². The van der Waals surface area contributed by atoms with Crippen molar-refractivity contribution in [2.75, 3.05) is 31.6 Å². The van der Waals surface area contributed by atoms with E-state index in [4.69, 9.17) is 21.6 Å². The minimum atomic E-state index is -0.956. The van der Waals surface area contributed by atoms with Crippen LogP contribution in [0, 0.1) is 23.2 Å². The maximum atomic E-state index is 14.4. The van der Waals surface area contributed by atoms with Crippen molar-refractivity contribution in [3.05, 3.63) is 35.0 Å². The Labute approximate surface area is 198 Å². The molecule has 1 N–H and O–H groups in total. The van der Waals surface area contributed by atoms with Gasteiger partial charge in [-0.2, -0.15) is 5.26 Å². The Kier molecular flexibility index (Phi) is 6.02. The Bertz CT molecular complexity index is 1110. The minimum absolute atomic E-state index is 0.142. The van der Waals surface area contributed by atoms with E-state index in [1.54, 1.807) is 6.20 Å². The third kappa shape index (κ3) is 4.09. The molecule has 1 aliphatic carbocycles. The van der Waals surface area contributed by atoms with Crippen LogP contribution in [0.5, 0.6) is 0 Å². The minimum Gasteiger partial charge on any atom is -0.376 e. The third-order valence-electron chi connectivity index (χ3n) is 7.86. The van der Waals surface area contributed by atoms with Gasteiger partial charge in [0.15, 0.2) is 0 Å². The Morgan fingerprint density at radius 1 is 1.27 bits per heavy atom. The van der Waals surface area contributed by atoms with Crippen molar-refractivity contribution in [3.8, 4) is 6.07 Å². The normalized spacial score (nSPS) is 30.7. The zero-order chi connectivity index (χ0) is 23.2. The van der Waals surface area contributed by atoms with Crippen LogP contribution in [0.4, 0.5) is 10.2 Å². The fourth-order valence-corrected chi connectivity index (χ4v) is 5.71. The molecular weight excluding hydrogens is 443 g/mol. The van der Waals surface area contributed by atoms with Crippen LogP contribution in [0.25, 0.3) is 10.8 Å². The molecule has 0 bridgehead atoms. The summed E-state index contributed by atoms with van der Waals surface area (Å²) in [6.45, 7) is 4.18. The Balaban J connectivity index is 1.31. The summed E-state index contributed by atoms with van der Waals surface area (Å²) in [5, 5.41) is 14.6. The summed E-state index contributed by atoms with van der Waals surface area (Å²) < 4.78 is 19.8. The molecule has 0 spiro atoms.